The van der Waals surface area contributed by atoms with Crippen molar-refractivity contribution in [3.05, 3.63) is 18.7 Å². The predicted molar refractivity (Wildman–Crippen MR) is 64.5 cm³/mol. The molecule has 0 bridgehead atoms. The standard InChI is InChI=1S/C12H21N3O2/c1-5-14-8-9-15(10-14)7-6-13-11(16)17-12(2,3)4/h8-10H,5-7H2,1-4H3/p+1. The first-order valence-corrected chi connectivity index (χ1v) is 5.92. The fraction of sp³-hybridized carbons (Fsp3) is 0.667. The van der Waals surface area contributed by atoms with Crippen molar-refractivity contribution >= 4 is 6.09 Å². The third-order valence-electron chi connectivity index (χ3n) is 2.15. The molecule has 1 rings (SSSR count). The van der Waals surface area contributed by atoms with Crippen molar-refractivity contribution in [2.75, 3.05) is 6.54 Å². The summed E-state index contributed by atoms with van der Waals surface area (Å²) < 4.78 is 9.24. The molecule has 5 nitrogen and oxygen atoms in total. The fourth-order valence-electron chi connectivity index (χ4n) is 1.36. The summed E-state index contributed by atoms with van der Waals surface area (Å²) in [6, 6.07) is 0. The lowest BCUT2D eigenvalue weighted by molar-refractivity contribution is -0.694. The molecule has 1 aromatic rings. The van der Waals surface area contributed by atoms with Gasteiger partial charge in [0.05, 0.1) is 13.1 Å². The number of hydrogen-bond donors (Lipinski definition) is 1. The average molecular weight is 240 g/mol. The van der Waals surface area contributed by atoms with Gasteiger partial charge in [0.1, 0.15) is 24.5 Å². The molecule has 17 heavy (non-hydrogen) atoms. The summed E-state index contributed by atoms with van der Waals surface area (Å²) in [7, 11) is 0. The number of hydrogen-bond acceptors (Lipinski definition) is 2. The van der Waals surface area contributed by atoms with Crippen molar-refractivity contribution in [3.63, 3.8) is 0 Å². The molecule has 0 aliphatic heterocycles. The van der Waals surface area contributed by atoms with Crippen molar-refractivity contribution in [2.45, 2.75) is 46.4 Å². The molecule has 0 radical (unpaired) electrons. The second-order valence-corrected chi connectivity index (χ2v) is 4.91. The largest absolute Gasteiger partial charge is 0.444 e. The lowest BCUT2D eigenvalue weighted by Crippen LogP contribution is -2.40. The number of carbonyl (C=O) groups excluding carboxylic acids is 1. The van der Waals surface area contributed by atoms with Gasteiger partial charge in [-0.15, -0.1) is 0 Å². The van der Waals surface area contributed by atoms with E-state index in [-0.39, 0.29) is 6.09 Å². The first-order valence-electron chi connectivity index (χ1n) is 5.92. The van der Waals surface area contributed by atoms with E-state index in [9.17, 15) is 4.79 Å². The Morgan fingerprint density at radius 1 is 1.47 bits per heavy atom. The quantitative estimate of drug-likeness (QED) is 0.807. The van der Waals surface area contributed by atoms with Crippen molar-refractivity contribution in [1.82, 2.24) is 9.88 Å². The number of alkyl carbamates (subject to hydrolysis) is 1. The van der Waals surface area contributed by atoms with Crippen LogP contribution < -0.4 is 9.88 Å². The Hall–Kier alpha value is -1.52. The van der Waals surface area contributed by atoms with Crippen LogP contribution in [0.5, 0.6) is 0 Å². The first-order chi connectivity index (χ1) is 7.90. The zero-order chi connectivity index (χ0) is 12.9. The second kappa shape index (κ2) is 5.70. The van der Waals surface area contributed by atoms with Gasteiger partial charge in [-0.25, -0.2) is 13.9 Å². The van der Waals surface area contributed by atoms with Gasteiger partial charge in [-0.05, 0) is 27.7 Å². The van der Waals surface area contributed by atoms with E-state index in [0.717, 1.165) is 13.1 Å². The fourth-order valence-corrected chi connectivity index (χ4v) is 1.36. The van der Waals surface area contributed by atoms with Gasteiger partial charge < -0.3 is 10.1 Å². The van der Waals surface area contributed by atoms with Crippen LogP contribution in [0.1, 0.15) is 27.7 Å². The molecule has 0 fully saturated rings. The van der Waals surface area contributed by atoms with Gasteiger partial charge in [0.25, 0.3) is 0 Å². The summed E-state index contributed by atoms with van der Waals surface area (Å²) in [4.78, 5) is 11.4. The minimum Gasteiger partial charge on any atom is -0.444 e. The smallest absolute Gasteiger partial charge is 0.407 e. The third-order valence-corrected chi connectivity index (χ3v) is 2.15. The maximum atomic E-state index is 11.4. The van der Waals surface area contributed by atoms with Crippen LogP contribution >= 0.6 is 0 Å². The van der Waals surface area contributed by atoms with Crippen molar-refractivity contribution in [1.29, 1.82) is 0 Å². The van der Waals surface area contributed by atoms with Crippen LogP contribution in [0, 0.1) is 0 Å². The van der Waals surface area contributed by atoms with E-state index >= 15 is 0 Å². The molecule has 0 aromatic carbocycles. The lowest BCUT2D eigenvalue weighted by Gasteiger charge is -2.19. The van der Waals surface area contributed by atoms with E-state index in [2.05, 4.69) is 16.8 Å². The van der Waals surface area contributed by atoms with Crippen LogP contribution in [0.25, 0.3) is 0 Å². The monoisotopic (exact) mass is 240 g/mol. The number of nitrogens with one attached hydrogen (secondary N) is 1. The Labute approximate surface area is 102 Å². The van der Waals surface area contributed by atoms with Gasteiger partial charge in [-0.2, -0.15) is 0 Å². The highest BCUT2D eigenvalue weighted by molar-refractivity contribution is 5.67. The number of amides is 1. The van der Waals surface area contributed by atoms with Crippen molar-refractivity contribution < 1.29 is 14.1 Å². The minimum absolute atomic E-state index is 0.368. The number of aromatic nitrogens is 2. The van der Waals surface area contributed by atoms with E-state index < -0.39 is 5.60 Å². The minimum atomic E-state index is -0.442. The second-order valence-electron chi connectivity index (χ2n) is 4.91. The summed E-state index contributed by atoms with van der Waals surface area (Å²) in [5.74, 6) is 0. The summed E-state index contributed by atoms with van der Waals surface area (Å²) in [5, 5.41) is 2.72. The van der Waals surface area contributed by atoms with Crippen LogP contribution in [-0.4, -0.2) is 22.8 Å². The first kappa shape index (κ1) is 13.5. The van der Waals surface area contributed by atoms with E-state index in [1.807, 2.05) is 44.1 Å². The molecule has 0 atom stereocenters. The van der Waals surface area contributed by atoms with E-state index in [1.54, 1.807) is 0 Å². The number of ether oxygens (including phenoxy) is 1. The number of aryl methyl sites for hydroxylation is 1. The highest BCUT2D eigenvalue weighted by Crippen LogP contribution is 2.05. The molecule has 96 valence electrons. The summed E-state index contributed by atoms with van der Waals surface area (Å²) in [6.45, 7) is 9.89. The molecule has 0 saturated carbocycles. The van der Waals surface area contributed by atoms with Crippen molar-refractivity contribution in [2.24, 2.45) is 0 Å². The van der Waals surface area contributed by atoms with Gasteiger partial charge >= 0.3 is 6.09 Å². The molecule has 1 heterocycles. The Balaban J connectivity index is 2.26. The van der Waals surface area contributed by atoms with Gasteiger partial charge in [0.15, 0.2) is 0 Å². The summed E-state index contributed by atoms with van der Waals surface area (Å²) in [6.07, 6.45) is 5.64. The predicted octanol–water partition coefficient (Wildman–Crippen LogP) is 1.32. The lowest BCUT2D eigenvalue weighted by atomic mass is 10.2. The number of carbonyl (C=O) groups is 1. The Morgan fingerprint density at radius 2 is 2.18 bits per heavy atom. The molecule has 0 aliphatic rings. The highest BCUT2D eigenvalue weighted by Gasteiger charge is 2.15. The zero-order valence-electron chi connectivity index (χ0n) is 11.1. The molecule has 5 heteroatoms. The SMILES string of the molecule is CCn1cc[n+](CCNC(=O)OC(C)(C)C)c1. The Morgan fingerprint density at radius 3 is 2.71 bits per heavy atom. The molecule has 0 spiro atoms. The summed E-state index contributed by atoms with van der Waals surface area (Å²) in [5.41, 5.74) is -0.442. The van der Waals surface area contributed by atoms with Gasteiger partial charge in [0.2, 0.25) is 6.33 Å². The molecule has 0 aliphatic carbocycles. The van der Waals surface area contributed by atoms with Crippen LogP contribution in [-0.2, 0) is 17.8 Å². The molecule has 1 N–H and O–H groups in total. The third kappa shape index (κ3) is 5.38. The van der Waals surface area contributed by atoms with Crippen LogP contribution in [0.15, 0.2) is 18.7 Å². The molecular formula is C12H22N3O2+. The molecule has 0 saturated heterocycles. The maximum absolute atomic E-state index is 11.4. The average Bonchev–Trinajstić information content (AvgIpc) is 2.63. The highest BCUT2D eigenvalue weighted by atomic mass is 16.6. The molecular weight excluding hydrogens is 218 g/mol. The van der Waals surface area contributed by atoms with Gasteiger partial charge in [-0.3, -0.25) is 0 Å². The summed E-state index contributed by atoms with van der Waals surface area (Å²) >= 11 is 0. The van der Waals surface area contributed by atoms with E-state index in [4.69, 9.17) is 4.74 Å². The molecule has 0 unspecified atom stereocenters. The Bertz CT molecular complexity index is 366. The zero-order valence-corrected chi connectivity index (χ0v) is 11.1. The van der Waals surface area contributed by atoms with E-state index in [0.29, 0.717) is 6.54 Å². The van der Waals surface area contributed by atoms with Gasteiger partial charge in [-0.1, -0.05) is 0 Å². The van der Waals surface area contributed by atoms with E-state index in [1.165, 1.54) is 0 Å². The topological polar surface area (TPSA) is 47.1 Å². The maximum Gasteiger partial charge on any atom is 0.407 e. The normalized spacial score (nSPS) is 11.3. The van der Waals surface area contributed by atoms with Crippen molar-refractivity contribution in [3.8, 4) is 0 Å². The van der Waals surface area contributed by atoms with Crippen LogP contribution in [0.3, 0.4) is 0 Å². The number of imidazole rings is 1. The van der Waals surface area contributed by atoms with Gasteiger partial charge in [0, 0.05) is 0 Å². The van der Waals surface area contributed by atoms with Crippen LogP contribution in [0.2, 0.25) is 0 Å². The number of nitrogens with zero attached hydrogens (tertiary/aromatic N) is 2. The van der Waals surface area contributed by atoms with Crippen LogP contribution in [0.4, 0.5) is 4.79 Å². The molecule has 1 aromatic heterocycles. The Kier molecular flexibility index (Phi) is 4.54. The molecule has 1 amide bonds. The number of rotatable bonds is 4.